The Labute approximate surface area is 123 Å². The SMILES string of the molecule is CC(C)(C)NC(=O)C(=O)NNC(=O)C=Cc1ccccc1. The zero-order valence-corrected chi connectivity index (χ0v) is 12.3. The van der Waals surface area contributed by atoms with Crippen LogP contribution in [0.15, 0.2) is 36.4 Å². The lowest BCUT2D eigenvalue weighted by Gasteiger charge is -2.19. The molecule has 0 saturated carbocycles. The Kier molecular flexibility index (Phi) is 5.66. The minimum atomic E-state index is -0.925. The molecule has 0 atom stereocenters. The third kappa shape index (κ3) is 6.91. The highest BCUT2D eigenvalue weighted by Gasteiger charge is 2.20. The van der Waals surface area contributed by atoms with Crippen molar-refractivity contribution in [1.82, 2.24) is 16.2 Å². The van der Waals surface area contributed by atoms with Gasteiger partial charge in [0.2, 0.25) is 0 Å². The van der Waals surface area contributed by atoms with Crippen molar-refractivity contribution in [3.63, 3.8) is 0 Å². The third-order valence-corrected chi connectivity index (χ3v) is 2.22. The van der Waals surface area contributed by atoms with Crippen molar-refractivity contribution in [3.8, 4) is 0 Å². The third-order valence-electron chi connectivity index (χ3n) is 2.22. The number of hydrogen-bond donors (Lipinski definition) is 3. The van der Waals surface area contributed by atoms with Gasteiger partial charge in [0, 0.05) is 11.6 Å². The fraction of sp³-hybridized carbons (Fsp3) is 0.267. The Balaban J connectivity index is 2.41. The highest BCUT2D eigenvalue weighted by molar-refractivity contribution is 6.35. The van der Waals surface area contributed by atoms with Gasteiger partial charge in [0.15, 0.2) is 0 Å². The highest BCUT2D eigenvalue weighted by atomic mass is 16.2. The van der Waals surface area contributed by atoms with Crippen molar-refractivity contribution in [3.05, 3.63) is 42.0 Å². The van der Waals surface area contributed by atoms with Gasteiger partial charge in [0.05, 0.1) is 0 Å². The van der Waals surface area contributed by atoms with E-state index in [1.54, 1.807) is 26.8 Å². The van der Waals surface area contributed by atoms with Crippen LogP contribution in [0.4, 0.5) is 0 Å². The van der Waals surface area contributed by atoms with E-state index in [0.29, 0.717) is 0 Å². The molecule has 0 aliphatic rings. The summed E-state index contributed by atoms with van der Waals surface area (Å²) in [5.41, 5.74) is 4.50. The van der Waals surface area contributed by atoms with Crippen molar-refractivity contribution < 1.29 is 14.4 Å². The smallest absolute Gasteiger partial charge is 0.327 e. The number of rotatable bonds is 2. The Morgan fingerprint density at radius 2 is 1.57 bits per heavy atom. The lowest BCUT2D eigenvalue weighted by Crippen LogP contribution is -2.52. The molecule has 6 heteroatoms. The number of nitrogens with one attached hydrogen (secondary N) is 3. The molecule has 3 N–H and O–H groups in total. The van der Waals surface area contributed by atoms with Crippen LogP contribution in [0.5, 0.6) is 0 Å². The second kappa shape index (κ2) is 7.23. The maximum absolute atomic E-state index is 11.5. The monoisotopic (exact) mass is 289 g/mol. The molecular formula is C15H19N3O3. The van der Waals surface area contributed by atoms with E-state index in [2.05, 4.69) is 10.7 Å². The first-order chi connectivity index (χ1) is 9.78. The number of hydrazine groups is 1. The first-order valence-electron chi connectivity index (χ1n) is 6.43. The van der Waals surface area contributed by atoms with Crippen LogP contribution in [0.3, 0.4) is 0 Å². The summed E-state index contributed by atoms with van der Waals surface area (Å²) in [4.78, 5) is 34.4. The van der Waals surface area contributed by atoms with Gasteiger partial charge in [-0.15, -0.1) is 0 Å². The molecule has 0 saturated heterocycles. The fourth-order valence-electron chi connectivity index (χ4n) is 1.35. The number of carbonyl (C=O) groups excluding carboxylic acids is 3. The summed E-state index contributed by atoms with van der Waals surface area (Å²) in [5.74, 6) is -2.27. The van der Waals surface area contributed by atoms with Gasteiger partial charge >= 0.3 is 11.8 Å². The largest absolute Gasteiger partial charge is 0.343 e. The molecule has 0 unspecified atom stereocenters. The van der Waals surface area contributed by atoms with Gasteiger partial charge in [-0.25, -0.2) is 0 Å². The first-order valence-corrected chi connectivity index (χ1v) is 6.43. The van der Waals surface area contributed by atoms with E-state index >= 15 is 0 Å². The first kappa shape index (κ1) is 16.4. The van der Waals surface area contributed by atoms with Gasteiger partial charge in [0.25, 0.3) is 5.91 Å². The molecule has 0 fully saturated rings. The van der Waals surface area contributed by atoms with Crippen LogP contribution < -0.4 is 16.2 Å². The number of amides is 3. The van der Waals surface area contributed by atoms with Crippen molar-refractivity contribution in [1.29, 1.82) is 0 Å². The Morgan fingerprint density at radius 1 is 0.952 bits per heavy atom. The van der Waals surface area contributed by atoms with E-state index in [4.69, 9.17) is 0 Å². The molecule has 3 amide bonds. The van der Waals surface area contributed by atoms with E-state index in [0.717, 1.165) is 5.56 Å². The molecule has 0 aromatic heterocycles. The maximum Gasteiger partial charge on any atom is 0.327 e. The molecule has 0 bridgehead atoms. The van der Waals surface area contributed by atoms with E-state index in [9.17, 15) is 14.4 Å². The van der Waals surface area contributed by atoms with Gasteiger partial charge in [-0.3, -0.25) is 25.2 Å². The molecule has 1 aromatic rings. The topological polar surface area (TPSA) is 87.3 Å². The van der Waals surface area contributed by atoms with E-state index < -0.39 is 23.3 Å². The standard InChI is InChI=1S/C15H19N3O3/c1-15(2,3)16-13(20)14(21)18-17-12(19)10-9-11-7-5-4-6-8-11/h4-10H,1-3H3,(H,16,20)(H,17,19)(H,18,21). The summed E-state index contributed by atoms with van der Waals surface area (Å²) in [6.45, 7) is 5.25. The predicted molar refractivity (Wildman–Crippen MR) is 79.7 cm³/mol. The molecule has 112 valence electrons. The minimum Gasteiger partial charge on any atom is -0.343 e. The lowest BCUT2D eigenvalue weighted by molar-refractivity contribution is -0.141. The molecule has 0 heterocycles. The molecule has 0 radical (unpaired) electrons. The Morgan fingerprint density at radius 3 is 2.14 bits per heavy atom. The molecule has 0 spiro atoms. The van der Waals surface area contributed by atoms with Crippen LogP contribution in [-0.2, 0) is 14.4 Å². The number of carbonyl (C=O) groups is 3. The van der Waals surface area contributed by atoms with E-state index in [1.165, 1.54) is 6.08 Å². The van der Waals surface area contributed by atoms with Gasteiger partial charge in [-0.1, -0.05) is 30.3 Å². The molecule has 6 nitrogen and oxygen atoms in total. The summed E-state index contributed by atoms with van der Waals surface area (Å²) < 4.78 is 0. The van der Waals surface area contributed by atoms with E-state index in [1.807, 2.05) is 35.8 Å². The predicted octanol–water partition coefficient (Wildman–Crippen LogP) is 0.762. The summed E-state index contributed by atoms with van der Waals surface area (Å²) in [7, 11) is 0. The molecular weight excluding hydrogens is 270 g/mol. The van der Waals surface area contributed by atoms with Crippen molar-refractivity contribution in [2.24, 2.45) is 0 Å². The fourth-order valence-corrected chi connectivity index (χ4v) is 1.35. The number of hydrogen-bond acceptors (Lipinski definition) is 3. The van der Waals surface area contributed by atoms with Gasteiger partial charge in [0.1, 0.15) is 0 Å². The average molecular weight is 289 g/mol. The van der Waals surface area contributed by atoms with Crippen molar-refractivity contribution in [2.45, 2.75) is 26.3 Å². The highest BCUT2D eigenvalue weighted by Crippen LogP contribution is 2.00. The van der Waals surface area contributed by atoms with Crippen LogP contribution >= 0.6 is 0 Å². The quantitative estimate of drug-likeness (QED) is 0.427. The van der Waals surface area contributed by atoms with Gasteiger partial charge < -0.3 is 5.32 Å². The normalized spacial score (nSPS) is 11.0. The van der Waals surface area contributed by atoms with Crippen LogP contribution in [0, 0.1) is 0 Å². The number of benzene rings is 1. The summed E-state index contributed by atoms with van der Waals surface area (Å²) >= 11 is 0. The van der Waals surface area contributed by atoms with Gasteiger partial charge in [-0.05, 0) is 32.4 Å². The van der Waals surface area contributed by atoms with E-state index in [-0.39, 0.29) is 0 Å². The second-order valence-corrected chi connectivity index (χ2v) is 5.39. The molecule has 21 heavy (non-hydrogen) atoms. The second-order valence-electron chi connectivity index (χ2n) is 5.39. The van der Waals surface area contributed by atoms with Crippen molar-refractivity contribution >= 4 is 23.8 Å². The van der Waals surface area contributed by atoms with Crippen LogP contribution in [-0.4, -0.2) is 23.3 Å². The van der Waals surface area contributed by atoms with Crippen LogP contribution in [0.2, 0.25) is 0 Å². The zero-order chi connectivity index (χ0) is 15.9. The zero-order valence-electron chi connectivity index (χ0n) is 12.3. The molecule has 1 aromatic carbocycles. The lowest BCUT2D eigenvalue weighted by atomic mass is 10.1. The summed E-state index contributed by atoms with van der Waals surface area (Å²) in [5, 5.41) is 2.48. The Bertz CT molecular complexity index is 545. The summed E-state index contributed by atoms with van der Waals surface area (Å²) in [6.07, 6.45) is 2.86. The Hall–Kier alpha value is -2.63. The van der Waals surface area contributed by atoms with Crippen LogP contribution in [0.1, 0.15) is 26.3 Å². The molecule has 0 aliphatic heterocycles. The molecule has 0 aliphatic carbocycles. The van der Waals surface area contributed by atoms with Crippen LogP contribution in [0.25, 0.3) is 6.08 Å². The summed E-state index contributed by atoms with van der Waals surface area (Å²) in [6, 6.07) is 9.22. The van der Waals surface area contributed by atoms with Gasteiger partial charge in [-0.2, -0.15) is 0 Å². The average Bonchev–Trinajstić information content (AvgIpc) is 2.41. The maximum atomic E-state index is 11.5. The van der Waals surface area contributed by atoms with Crippen molar-refractivity contribution in [2.75, 3.05) is 0 Å². The molecule has 1 rings (SSSR count). The minimum absolute atomic E-state index is 0.522.